The molecule has 0 radical (unpaired) electrons. The molecule has 0 aliphatic heterocycles. The van der Waals surface area contributed by atoms with E-state index in [0.29, 0.717) is 33.8 Å². The van der Waals surface area contributed by atoms with Gasteiger partial charge in [-0.1, -0.05) is 35.3 Å². The van der Waals surface area contributed by atoms with Crippen LogP contribution in [0.4, 0.5) is 5.69 Å². The molecular formula is C19H19Cl2NO5. The molecule has 8 heteroatoms. The average molecular weight is 412 g/mol. The van der Waals surface area contributed by atoms with Crippen LogP contribution in [0, 0.1) is 0 Å². The molecule has 2 aromatic carbocycles. The van der Waals surface area contributed by atoms with E-state index < -0.39 is 18.0 Å². The summed E-state index contributed by atoms with van der Waals surface area (Å²) in [4.78, 5) is 24.1. The Morgan fingerprint density at radius 2 is 1.63 bits per heavy atom. The van der Waals surface area contributed by atoms with Crippen LogP contribution in [0.3, 0.4) is 0 Å². The Bertz CT molecular complexity index is 792. The van der Waals surface area contributed by atoms with Gasteiger partial charge in [-0.25, -0.2) is 4.79 Å². The maximum absolute atomic E-state index is 12.1. The summed E-state index contributed by atoms with van der Waals surface area (Å²) < 4.78 is 15.9. The molecule has 144 valence electrons. The average Bonchev–Trinajstić information content (AvgIpc) is 2.60. The number of carbonyl (C=O) groups excluding carboxylic acids is 2. The number of carbonyl (C=O) groups is 2. The molecule has 2 rings (SSSR count). The number of amides is 1. The largest absolute Gasteiger partial charge is 0.490 e. The molecule has 0 spiro atoms. The van der Waals surface area contributed by atoms with Crippen molar-refractivity contribution in [2.45, 2.75) is 20.0 Å². The lowest BCUT2D eigenvalue weighted by Crippen LogP contribution is -2.31. The van der Waals surface area contributed by atoms with Gasteiger partial charge in [0.15, 0.2) is 24.2 Å². The molecule has 0 aliphatic rings. The van der Waals surface area contributed by atoms with Gasteiger partial charge in [-0.2, -0.15) is 0 Å². The number of hydrogen-bond acceptors (Lipinski definition) is 5. The standard InChI is InChI=1S/C19H19Cl2NO5/c1-3-25-16-6-4-5-7-17(16)26-11-18(23)27-12(2)19(24)22-15-9-13(20)8-14(21)10-15/h4-10,12H,3,11H2,1-2H3,(H,22,24). The summed E-state index contributed by atoms with van der Waals surface area (Å²) in [6, 6.07) is 11.6. The highest BCUT2D eigenvalue weighted by Crippen LogP contribution is 2.26. The van der Waals surface area contributed by atoms with Crippen LogP contribution in [-0.4, -0.2) is 31.2 Å². The van der Waals surface area contributed by atoms with Gasteiger partial charge < -0.3 is 19.5 Å². The highest BCUT2D eigenvalue weighted by molar-refractivity contribution is 6.35. The molecule has 0 bridgehead atoms. The minimum absolute atomic E-state index is 0.356. The molecule has 1 N–H and O–H groups in total. The normalized spacial score (nSPS) is 11.4. The van der Waals surface area contributed by atoms with Crippen LogP contribution in [0.2, 0.25) is 10.0 Å². The van der Waals surface area contributed by atoms with Crippen LogP contribution in [0.25, 0.3) is 0 Å². The van der Waals surface area contributed by atoms with Crippen molar-refractivity contribution >= 4 is 40.8 Å². The van der Waals surface area contributed by atoms with Gasteiger partial charge in [0.1, 0.15) is 0 Å². The minimum atomic E-state index is -1.03. The van der Waals surface area contributed by atoms with Gasteiger partial charge in [0.05, 0.1) is 6.61 Å². The first kappa shape index (κ1) is 20.9. The number of rotatable bonds is 8. The number of anilines is 1. The molecule has 1 amide bonds. The molecule has 0 aliphatic carbocycles. The van der Waals surface area contributed by atoms with Crippen molar-refractivity contribution in [2.24, 2.45) is 0 Å². The number of esters is 1. The molecule has 0 aromatic heterocycles. The molecular weight excluding hydrogens is 393 g/mol. The predicted molar refractivity (Wildman–Crippen MR) is 104 cm³/mol. The second kappa shape index (κ2) is 10.0. The third-order valence-corrected chi connectivity index (χ3v) is 3.74. The Balaban J connectivity index is 1.87. The van der Waals surface area contributed by atoms with Gasteiger partial charge in [0, 0.05) is 15.7 Å². The Morgan fingerprint density at radius 3 is 2.22 bits per heavy atom. The lowest BCUT2D eigenvalue weighted by atomic mass is 10.3. The van der Waals surface area contributed by atoms with Crippen LogP contribution in [0.15, 0.2) is 42.5 Å². The topological polar surface area (TPSA) is 73.9 Å². The van der Waals surface area contributed by atoms with E-state index in [1.165, 1.54) is 19.1 Å². The quantitative estimate of drug-likeness (QED) is 0.653. The number of benzene rings is 2. The SMILES string of the molecule is CCOc1ccccc1OCC(=O)OC(C)C(=O)Nc1cc(Cl)cc(Cl)c1. The minimum Gasteiger partial charge on any atom is -0.490 e. The number of hydrogen-bond donors (Lipinski definition) is 1. The zero-order valence-corrected chi connectivity index (χ0v) is 16.3. The smallest absolute Gasteiger partial charge is 0.344 e. The Morgan fingerprint density at radius 1 is 1.04 bits per heavy atom. The summed E-state index contributed by atoms with van der Waals surface area (Å²) in [6.07, 6.45) is -1.03. The van der Waals surface area contributed by atoms with Crippen molar-refractivity contribution in [1.82, 2.24) is 0 Å². The molecule has 27 heavy (non-hydrogen) atoms. The van der Waals surface area contributed by atoms with Gasteiger partial charge in [0.25, 0.3) is 5.91 Å². The first-order valence-electron chi connectivity index (χ1n) is 8.20. The fourth-order valence-electron chi connectivity index (χ4n) is 2.14. The Labute approximate surface area is 167 Å². The summed E-state index contributed by atoms with van der Waals surface area (Å²) in [5.74, 6) is -0.261. The summed E-state index contributed by atoms with van der Waals surface area (Å²) in [5.41, 5.74) is 0.405. The third kappa shape index (κ3) is 6.66. The molecule has 1 atom stereocenters. The predicted octanol–water partition coefficient (Wildman–Crippen LogP) is 4.34. The van der Waals surface area contributed by atoms with E-state index in [2.05, 4.69) is 5.32 Å². The monoisotopic (exact) mass is 411 g/mol. The first-order valence-corrected chi connectivity index (χ1v) is 8.95. The number of nitrogens with one attached hydrogen (secondary N) is 1. The van der Waals surface area contributed by atoms with Crippen molar-refractivity contribution in [1.29, 1.82) is 0 Å². The van der Waals surface area contributed by atoms with Gasteiger partial charge >= 0.3 is 5.97 Å². The summed E-state index contributed by atoms with van der Waals surface area (Å²) in [5, 5.41) is 3.34. The Hall–Kier alpha value is -2.44. The van der Waals surface area contributed by atoms with E-state index in [0.717, 1.165) is 0 Å². The van der Waals surface area contributed by atoms with E-state index in [-0.39, 0.29) is 6.61 Å². The highest BCUT2D eigenvalue weighted by Gasteiger charge is 2.19. The van der Waals surface area contributed by atoms with Crippen molar-refractivity contribution in [3.05, 3.63) is 52.5 Å². The van der Waals surface area contributed by atoms with Gasteiger partial charge in [-0.15, -0.1) is 0 Å². The van der Waals surface area contributed by atoms with E-state index in [9.17, 15) is 9.59 Å². The third-order valence-electron chi connectivity index (χ3n) is 3.30. The van der Waals surface area contributed by atoms with E-state index in [1.54, 1.807) is 30.3 Å². The highest BCUT2D eigenvalue weighted by atomic mass is 35.5. The molecule has 0 saturated heterocycles. The van der Waals surface area contributed by atoms with Crippen LogP contribution in [0.5, 0.6) is 11.5 Å². The second-order valence-electron chi connectivity index (χ2n) is 5.45. The fraction of sp³-hybridized carbons (Fsp3) is 0.263. The summed E-state index contributed by atoms with van der Waals surface area (Å²) in [7, 11) is 0. The zero-order chi connectivity index (χ0) is 19.8. The van der Waals surface area contributed by atoms with Crippen LogP contribution in [0.1, 0.15) is 13.8 Å². The molecule has 6 nitrogen and oxygen atoms in total. The maximum atomic E-state index is 12.1. The fourth-order valence-corrected chi connectivity index (χ4v) is 2.66. The van der Waals surface area contributed by atoms with Gasteiger partial charge in [0.2, 0.25) is 0 Å². The summed E-state index contributed by atoms with van der Waals surface area (Å²) >= 11 is 11.8. The second-order valence-corrected chi connectivity index (χ2v) is 6.32. The molecule has 0 saturated carbocycles. The number of ether oxygens (including phenoxy) is 3. The lowest BCUT2D eigenvalue weighted by Gasteiger charge is -2.15. The van der Waals surface area contributed by atoms with Crippen LogP contribution in [-0.2, 0) is 14.3 Å². The zero-order valence-electron chi connectivity index (χ0n) is 14.8. The van der Waals surface area contributed by atoms with E-state index in [4.69, 9.17) is 37.4 Å². The first-order chi connectivity index (χ1) is 12.9. The van der Waals surface area contributed by atoms with Crippen LogP contribution >= 0.6 is 23.2 Å². The van der Waals surface area contributed by atoms with Crippen molar-refractivity contribution in [3.63, 3.8) is 0 Å². The lowest BCUT2D eigenvalue weighted by molar-refractivity contribution is -0.155. The van der Waals surface area contributed by atoms with Gasteiger partial charge in [-0.05, 0) is 44.2 Å². The Kier molecular flexibility index (Phi) is 7.76. The van der Waals surface area contributed by atoms with E-state index in [1.807, 2.05) is 6.92 Å². The van der Waals surface area contributed by atoms with Crippen molar-refractivity contribution < 1.29 is 23.8 Å². The van der Waals surface area contributed by atoms with Crippen molar-refractivity contribution in [3.8, 4) is 11.5 Å². The summed E-state index contributed by atoms with van der Waals surface area (Å²) in [6.45, 7) is 3.41. The van der Waals surface area contributed by atoms with Gasteiger partial charge in [-0.3, -0.25) is 4.79 Å². The van der Waals surface area contributed by atoms with Crippen LogP contribution < -0.4 is 14.8 Å². The number of halogens is 2. The van der Waals surface area contributed by atoms with Crippen molar-refractivity contribution in [2.75, 3.05) is 18.5 Å². The molecule has 0 fully saturated rings. The maximum Gasteiger partial charge on any atom is 0.344 e. The molecule has 0 heterocycles. The number of para-hydroxylation sites is 2. The molecule has 1 unspecified atom stereocenters. The van der Waals surface area contributed by atoms with E-state index >= 15 is 0 Å². The molecule has 2 aromatic rings.